The number of likely N-dealkylation sites (tertiary alicyclic amines) is 1. The van der Waals surface area contributed by atoms with Crippen molar-refractivity contribution in [3.63, 3.8) is 0 Å². The lowest BCUT2D eigenvalue weighted by Gasteiger charge is -2.31. The third-order valence-corrected chi connectivity index (χ3v) is 5.32. The van der Waals surface area contributed by atoms with Crippen LogP contribution in [-0.2, 0) is 4.79 Å². The van der Waals surface area contributed by atoms with Crippen LogP contribution in [0.5, 0.6) is 0 Å². The lowest BCUT2D eigenvalue weighted by Crippen LogP contribution is -2.44. The highest BCUT2D eigenvalue weighted by molar-refractivity contribution is 6.44. The molecule has 2 N–H and O–H groups in total. The summed E-state index contributed by atoms with van der Waals surface area (Å²) in [6.07, 6.45) is 6.84. The maximum Gasteiger partial charge on any atom is 0.321 e. The fraction of sp³-hybridized carbons (Fsp3) is 0.269. The number of ketones is 1. The Morgan fingerprint density at radius 3 is 2.00 bits per heavy atom. The zero-order valence-corrected chi connectivity index (χ0v) is 18.6. The van der Waals surface area contributed by atoms with Gasteiger partial charge in [0, 0.05) is 30.4 Å². The number of hydrogen-bond acceptors (Lipinski definition) is 3. The number of carbonyl (C=O) groups excluding carboxylic acids is 2. The Kier molecular flexibility index (Phi) is 8.37. The SMILES string of the molecule is C/C=C\C(=C/C)N=C(Nc1ccccc1)C(=O)C1CCN(C(=O)Nc2ccccc2)CC1. The van der Waals surface area contributed by atoms with Crippen LogP contribution in [0.2, 0.25) is 0 Å². The Morgan fingerprint density at radius 1 is 0.906 bits per heavy atom. The summed E-state index contributed by atoms with van der Waals surface area (Å²) < 4.78 is 0. The van der Waals surface area contributed by atoms with Gasteiger partial charge in [0.25, 0.3) is 0 Å². The summed E-state index contributed by atoms with van der Waals surface area (Å²) in [5.74, 6) is 0.116. The molecule has 0 spiro atoms. The van der Waals surface area contributed by atoms with Gasteiger partial charge >= 0.3 is 6.03 Å². The van der Waals surface area contributed by atoms with Gasteiger partial charge in [0.2, 0.25) is 5.78 Å². The molecular weight excluding hydrogens is 400 g/mol. The number of anilines is 2. The molecule has 6 heteroatoms. The Bertz CT molecular complexity index is 989. The van der Waals surface area contributed by atoms with E-state index in [9.17, 15) is 9.59 Å². The van der Waals surface area contributed by atoms with Crippen LogP contribution in [0.4, 0.5) is 16.2 Å². The zero-order chi connectivity index (χ0) is 22.8. The van der Waals surface area contributed by atoms with E-state index in [4.69, 9.17) is 0 Å². The van der Waals surface area contributed by atoms with Crippen molar-refractivity contribution in [1.29, 1.82) is 0 Å². The van der Waals surface area contributed by atoms with Gasteiger partial charge in [0.15, 0.2) is 5.84 Å². The van der Waals surface area contributed by atoms with E-state index < -0.39 is 0 Å². The number of hydrogen-bond donors (Lipinski definition) is 2. The molecule has 0 atom stereocenters. The summed E-state index contributed by atoms with van der Waals surface area (Å²) in [7, 11) is 0. The molecule has 3 rings (SSSR count). The minimum absolute atomic E-state index is 0.0270. The number of para-hydroxylation sites is 2. The Labute approximate surface area is 189 Å². The molecule has 1 aliphatic heterocycles. The average molecular weight is 431 g/mol. The van der Waals surface area contributed by atoms with Crippen LogP contribution >= 0.6 is 0 Å². The van der Waals surface area contributed by atoms with Crippen molar-refractivity contribution in [1.82, 2.24) is 4.90 Å². The predicted octanol–water partition coefficient (Wildman–Crippen LogP) is 5.49. The maximum absolute atomic E-state index is 13.4. The molecule has 1 aliphatic rings. The number of Topliss-reactive ketones (excluding diaryl/α,β-unsaturated/α-hetero) is 1. The molecule has 6 nitrogen and oxygen atoms in total. The summed E-state index contributed by atoms with van der Waals surface area (Å²) in [6, 6.07) is 18.8. The van der Waals surface area contributed by atoms with Crippen molar-refractivity contribution in [3.8, 4) is 0 Å². The van der Waals surface area contributed by atoms with Crippen LogP contribution in [0.3, 0.4) is 0 Å². The zero-order valence-electron chi connectivity index (χ0n) is 18.6. The first-order chi connectivity index (χ1) is 15.6. The van der Waals surface area contributed by atoms with Crippen molar-refractivity contribution < 1.29 is 9.59 Å². The summed E-state index contributed by atoms with van der Waals surface area (Å²) in [6.45, 7) is 4.87. The van der Waals surface area contributed by atoms with E-state index in [2.05, 4.69) is 15.6 Å². The molecule has 1 fully saturated rings. The van der Waals surface area contributed by atoms with Crippen molar-refractivity contribution in [2.75, 3.05) is 23.7 Å². The first-order valence-corrected chi connectivity index (χ1v) is 11.0. The lowest BCUT2D eigenvalue weighted by molar-refractivity contribution is -0.117. The fourth-order valence-corrected chi connectivity index (χ4v) is 3.56. The van der Waals surface area contributed by atoms with Gasteiger partial charge < -0.3 is 15.5 Å². The molecule has 2 amide bonds. The number of amidine groups is 1. The Hall–Kier alpha value is -3.67. The lowest BCUT2D eigenvalue weighted by atomic mass is 9.91. The smallest absolute Gasteiger partial charge is 0.321 e. The van der Waals surface area contributed by atoms with Gasteiger partial charge in [-0.2, -0.15) is 0 Å². The highest BCUT2D eigenvalue weighted by Crippen LogP contribution is 2.21. The highest BCUT2D eigenvalue weighted by atomic mass is 16.2. The van der Waals surface area contributed by atoms with Crippen molar-refractivity contribution in [2.45, 2.75) is 26.7 Å². The number of benzene rings is 2. The first kappa shape index (κ1) is 23.0. The fourth-order valence-electron chi connectivity index (χ4n) is 3.56. The minimum atomic E-state index is -0.186. The monoisotopic (exact) mass is 430 g/mol. The molecule has 1 heterocycles. The topological polar surface area (TPSA) is 73.8 Å². The predicted molar refractivity (Wildman–Crippen MR) is 131 cm³/mol. The quantitative estimate of drug-likeness (QED) is 0.361. The largest absolute Gasteiger partial charge is 0.337 e. The van der Waals surface area contributed by atoms with E-state index in [1.54, 1.807) is 4.90 Å². The normalized spacial score (nSPS) is 15.6. The Balaban J connectivity index is 1.67. The summed E-state index contributed by atoms with van der Waals surface area (Å²) in [4.78, 5) is 32.3. The molecule has 0 unspecified atom stereocenters. The second kappa shape index (κ2) is 11.6. The van der Waals surface area contributed by atoms with E-state index in [-0.39, 0.29) is 17.7 Å². The van der Waals surface area contributed by atoms with Crippen LogP contribution in [-0.4, -0.2) is 35.6 Å². The summed E-state index contributed by atoms with van der Waals surface area (Å²) in [5.41, 5.74) is 2.30. The van der Waals surface area contributed by atoms with Gasteiger partial charge in [-0.25, -0.2) is 9.79 Å². The highest BCUT2D eigenvalue weighted by Gasteiger charge is 2.30. The number of urea groups is 1. The number of rotatable bonds is 6. The molecule has 0 bridgehead atoms. The third kappa shape index (κ3) is 6.41. The molecule has 0 aliphatic carbocycles. The molecule has 32 heavy (non-hydrogen) atoms. The molecule has 0 radical (unpaired) electrons. The molecule has 0 aromatic heterocycles. The second-order valence-electron chi connectivity index (χ2n) is 7.59. The van der Waals surface area contributed by atoms with Gasteiger partial charge in [-0.05, 0) is 57.0 Å². The van der Waals surface area contributed by atoms with Crippen molar-refractivity contribution >= 4 is 29.0 Å². The molecule has 0 saturated carbocycles. The van der Waals surface area contributed by atoms with Gasteiger partial charge in [0.1, 0.15) is 0 Å². The van der Waals surface area contributed by atoms with Gasteiger partial charge in [-0.15, -0.1) is 0 Å². The Morgan fingerprint density at radius 2 is 1.47 bits per heavy atom. The maximum atomic E-state index is 13.4. The number of carbonyl (C=O) groups is 2. The van der Waals surface area contributed by atoms with Gasteiger partial charge in [0.05, 0.1) is 5.70 Å². The molecule has 1 saturated heterocycles. The summed E-state index contributed by atoms with van der Waals surface area (Å²) >= 11 is 0. The first-order valence-electron chi connectivity index (χ1n) is 11.0. The van der Waals surface area contributed by atoms with E-state index >= 15 is 0 Å². The van der Waals surface area contributed by atoms with Gasteiger partial charge in [-0.1, -0.05) is 48.6 Å². The average Bonchev–Trinajstić information content (AvgIpc) is 2.84. The van der Waals surface area contributed by atoms with Crippen LogP contribution in [0.1, 0.15) is 26.7 Å². The number of amides is 2. The van der Waals surface area contributed by atoms with Crippen LogP contribution in [0, 0.1) is 5.92 Å². The molecule has 2 aromatic rings. The summed E-state index contributed by atoms with van der Waals surface area (Å²) in [5, 5.41) is 6.11. The van der Waals surface area contributed by atoms with Crippen LogP contribution in [0.15, 0.2) is 89.6 Å². The van der Waals surface area contributed by atoms with Crippen molar-refractivity contribution in [3.05, 3.63) is 84.6 Å². The number of aliphatic imine (C=N–C) groups is 1. The van der Waals surface area contributed by atoms with E-state index in [1.165, 1.54) is 0 Å². The molecule has 166 valence electrons. The second-order valence-corrected chi connectivity index (χ2v) is 7.59. The molecular formula is C26H30N4O2. The standard InChI is InChI=1S/C26H30N4O2/c1-3-11-21(4-2)27-25(28-22-12-7-5-8-13-22)24(31)20-16-18-30(19-17-20)26(32)29-23-14-9-6-10-15-23/h3-15,20H,16-19H2,1-2H3,(H,27,28)(H,29,32)/b11-3-,21-4+. The number of nitrogens with zero attached hydrogens (tertiary/aromatic N) is 2. The van der Waals surface area contributed by atoms with E-state index in [1.807, 2.05) is 92.7 Å². The van der Waals surface area contributed by atoms with E-state index in [0.29, 0.717) is 31.8 Å². The van der Waals surface area contributed by atoms with E-state index in [0.717, 1.165) is 17.1 Å². The number of nitrogens with one attached hydrogen (secondary N) is 2. The van der Waals surface area contributed by atoms with Gasteiger partial charge in [-0.3, -0.25) is 4.79 Å². The number of allylic oxidation sites excluding steroid dienone is 3. The number of piperidine rings is 1. The minimum Gasteiger partial charge on any atom is -0.337 e. The third-order valence-electron chi connectivity index (χ3n) is 5.32. The molecule has 2 aromatic carbocycles. The van der Waals surface area contributed by atoms with Crippen LogP contribution < -0.4 is 10.6 Å². The van der Waals surface area contributed by atoms with Crippen LogP contribution in [0.25, 0.3) is 0 Å². The van der Waals surface area contributed by atoms with Crippen molar-refractivity contribution in [2.24, 2.45) is 10.9 Å².